The Hall–Kier alpha value is -2.41. The van der Waals surface area contributed by atoms with Gasteiger partial charge in [0.15, 0.2) is 11.8 Å². The number of thioether (sulfide) groups is 1. The molecule has 0 saturated heterocycles. The van der Waals surface area contributed by atoms with Crippen molar-refractivity contribution in [3.63, 3.8) is 0 Å². The maximum atomic E-state index is 12.1. The minimum atomic E-state index is -0.940. The molecular weight excluding hydrogens is 302 g/mol. The summed E-state index contributed by atoms with van der Waals surface area (Å²) in [6, 6.07) is 7.40. The molecule has 0 saturated carbocycles. The lowest BCUT2D eigenvalue weighted by Gasteiger charge is -2.14. The van der Waals surface area contributed by atoms with E-state index in [-0.39, 0.29) is 5.69 Å². The second-order valence-electron chi connectivity index (χ2n) is 4.33. The van der Waals surface area contributed by atoms with E-state index in [4.69, 9.17) is 4.74 Å². The van der Waals surface area contributed by atoms with Crippen molar-refractivity contribution in [3.05, 3.63) is 48.5 Å². The summed E-state index contributed by atoms with van der Waals surface area (Å²) in [7, 11) is 0. The predicted molar refractivity (Wildman–Crippen MR) is 83.8 cm³/mol. The highest BCUT2D eigenvalue weighted by Crippen LogP contribution is 2.24. The third-order valence-corrected chi connectivity index (χ3v) is 3.59. The molecule has 0 fully saturated rings. The van der Waals surface area contributed by atoms with E-state index in [0.717, 1.165) is 4.90 Å². The number of carbonyl (C=O) groups excluding carboxylic acids is 2. The number of ether oxygens (including phenoxy) is 1. The Morgan fingerprint density at radius 1 is 1.27 bits per heavy atom. The van der Waals surface area contributed by atoms with Gasteiger partial charge in [-0.25, -0.2) is 9.78 Å². The lowest BCUT2D eigenvalue weighted by Crippen LogP contribution is -2.30. The largest absolute Gasteiger partial charge is 0.448 e. The van der Waals surface area contributed by atoms with E-state index in [2.05, 4.69) is 15.3 Å². The van der Waals surface area contributed by atoms with Gasteiger partial charge < -0.3 is 10.1 Å². The van der Waals surface area contributed by atoms with Gasteiger partial charge in [-0.15, -0.1) is 11.8 Å². The smallest absolute Gasteiger partial charge is 0.359 e. The SMILES string of the molecule is CSc1ccccc1NC(=O)[C@H](C)OC(=O)c1cnccn1. The Bertz CT molecular complexity index is 664. The first kappa shape index (κ1) is 16.0. The Morgan fingerprint density at radius 3 is 2.73 bits per heavy atom. The van der Waals surface area contributed by atoms with Crippen molar-refractivity contribution >= 4 is 29.3 Å². The number of benzene rings is 1. The molecular formula is C15H15N3O3S. The maximum Gasteiger partial charge on any atom is 0.359 e. The van der Waals surface area contributed by atoms with Gasteiger partial charge in [0.25, 0.3) is 5.91 Å². The van der Waals surface area contributed by atoms with E-state index in [1.165, 1.54) is 37.3 Å². The lowest BCUT2D eigenvalue weighted by molar-refractivity contribution is -0.123. The number of para-hydroxylation sites is 1. The van der Waals surface area contributed by atoms with Crippen molar-refractivity contribution in [1.82, 2.24) is 9.97 Å². The number of anilines is 1. The number of nitrogens with one attached hydrogen (secondary N) is 1. The molecule has 1 aromatic heterocycles. The van der Waals surface area contributed by atoms with Crippen molar-refractivity contribution < 1.29 is 14.3 Å². The van der Waals surface area contributed by atoms with Gasteiger partial charge in [-0.1, -0.05) is 12.1 Å². The van der Waals surface area contributed by atoms with E-state index >= 15 is 0 Å². The molecule has 0 unspecified atom stereocenters. The van der Waals surface area contributed by atoms with Crippen molar-refractivity contribution in [2.45, 2.75) is 17.9 Å². The molecule has 0 aliphatic carbocycles. The lowest BCUT2D eigenvalue weighted by atomic mass is 10.3. The highest BCUT2D eigenvalue weighted by atomic mass is 32.2. The normalized spacial score (nSPS) is 11.5. The van der Waals surface area contributed by atoms with E-state index < -0.39 is 18.0 Å². The van der Waals surface area contributed by atoms with Crippen LogP contribution in [0.3, 0.4) is 0 Å². The van der Waals surface area contributed by atoms with Crippen LogP contribution in [0, 0.1) is 0 Å². The van der Waals surface area contributed by atoms with Crippen LogP contribution >= 0.6 is 11.8 Å². The second kappa shape index (κ2) is 7.56. The fourth-order valence-corrected chi connectivity index (χ4v) is 2.21. The van der Waals surface area contributed by atoms with Crippen molar-refractivity contribution in [3.8, 4) is 0 Å². The molecule has 0 bridgehead atoms. The topological polar surface area (TPSA) is 81.2 Å². The average molecular weight is 317 g/mol. The maximum absolute atomic E-state index is 12.1. The molecule has 0 radical (unpaired) electrons. The first-order valence-corrected chi connectivity index (χ1v) is 7.75. The molecule has 1 aromatic carbocycles. The number of esters is 1. The van der Waals surface area contributed by atoms with Crippen LogP contribution in [-0.2, 0) is 9.53 Å². The van der Waals surface area contributed by atoms with Crippen LogP contribution in [0.2, 0.25) is 0 Å². The highest BCUT2D eigenvalue weighted by molar-refractivity contribution is 7.98. The van der Waals surface area contributed by atoms with Gasteiger partial charge in [-0.05, 0) is 25.3 Å². The van der Waals surface area contributed by atoms with Gasteiger partial charge in [0.1, 0.15) is 0 Å². The minimum absolute atomic E-state index is 0.0617. The number of carbonyl (C=O) groups is 2. The summed E-state index contributed by atoms with van der Waals surface area (Å²) in [5, 5.41) is 2.75. The van der Waals surface area contributed by atoms with Crippen LogP contribution in [-0.4, -0.2) is 34.2 Å². The number of rotatable bonds is 5. The first-order chi connectivity index (χ1) is 10.6. The number of hydrogen-bond donors (Lipinski definition) is 1. The summed E-state index contributed by atoms with van der Waals surface area (Å²) >= 11 is 1.52. The standard InChI is InChI=1S/C15H15N3O3S/c1-10(21-15(20)12-9-16-7-8-17-12)14(19)18-11-5-3-4-6-13(11)22-2/h3-10H,1-2H3,(H,18,19)/t10-/m0/s1. The summed E-state index contributed by atoms with van der Waals surface area (Å²) in [5.41, 5.74) is 0.745. The second-order valence-corrected chi connectivity index (χ2v) is 5.18. The van der Waals surface area contributed by atoms with Gasteiger partial charge in [0, 0.05) is 17.3 Å². The first-order valence-electron chi connectivity index (χ1n) is 6.52. The molecule has 0 aliphatic heterocycles. The number of nitrogens with zero attached hydrogens (tertiary/aromatic N) is 2. The average Bonchev–Trinajstić information content (AvgIpc) is 2.56. The van der Waals surface area contributed by atoms with Crippen molar-refractivity contribution in [2.24, 2.45) is 0 Å². The zero-order chi connectivity index (χ0) is 15.9. The third-order valence-electron chi connectivity index (χ3n) is 2.79. The Morgan fingerprint density at radius 2 is 2.05 bits per heavy atom. The predicted octanol–water partition coefficient (Wildman–Crippen LogP) is 2.38. The van der Waals surface area contributed by atoms with Gasteiger partial charge >= 0.3 is 5.97 Å². The zero-order valence-electron chi connectivity index (χ0n) is 12.1. The van der Waals surface area contributed by atoms with Crippen molar-refractivity contribution in [2.75, 3.05) is 11.6 Å². The van der Waals surface area contributed by atoms with Crippen LogP contribution in [0.25, 0.3) is 0 Å². The number of hydrogen-bond acceptors (Lipinski definition) is 6. The molecule has 0 spiro atoms. The van der Waals surface area contributed by atoms with Crippen LogP contribution in [0.5, 0.6) is 0 Å². The quantitative estimate of drug-likeness (QED) is 0.673. The molecule has 6 nitrogen and oxygen atoms in total. The monoisotopic (exact) mass is 317 g/mol. The molecule has 7 heteroatoms. The van der Waals surface area contributed by atoms with Gasteiger partial charge in [0.2, 0.25) is 0 Å². The van der Waals surface area contributed by atoms with E-state index in [9.17, 15) is 9.59 Å². The molecule has 0 aliphatic rings. The van der Waals surface area contributed by atoms with Crippen molar-refractivity contribution in [1.29, 1.82) is 0 Å². The van der Waals surface area contributed by atoms with Gasteiger partial charge in [0.05, 0.1) is 11.9 Å². The minimum Gasteiger partial charge on any atom is -0.448 e. The molecule has 2 aromatic rings. The van der Waals surface area contributed by atoms with Gasteiger partial charge in [-0.2, -0.15) is 0 Å². The molecule has 1 atom stereocenters. The fourth-order valence-electron chi connectivity index (χ4n) is 1.66. The molecule has 2 rings (SSSR count). The summed E-state index contributed by atoms with van der Waals surface area (Å²) in [6.45, 7) is 1.51. The van der Waals surface area contributed by atoms with Gasteiger partial charge in [-0.3, -0.25) is 9.78 Å². The summed E-state index contributed by atoms with van der Waals surface area (Å²) in [6.07, 6.45) is 5.10. The fraction of sp³-hybridized carbons (Fsp3) is 0.200. The number of amides is 1. The van der Waals surface area contributed by atoms with Crippen LogP contribution in [0.1, 0.15) is 17.4 Å². The van der Waals surface area contributed by atoms with E-state index in [0.29, 0.717) is 5.69 Å². The Kier molecular flexibility index (Phi) is 5.48. The zero-order valence-corrected chi connectivity index (χ0v) is 13.0. The van der Waals surface area contributed by atoms with Crippen LogP contribution in [0.4, 0.5) is 5.69 Å². The Labute approximate surface area is 132 Å². The van der Waals surface area contributed by atoms with Crippen LogP contribution in [0.15, 0.2) is 47.8 Å². The Balaban J connectivity index is 1.99. The van der Waals surface area contributed by atoms with E-state index in [1.807, 2.05) is 24.5 Å². The molecule has 1 heterocycles. The summed E-state index contributed by atoms with van der Waals surface area (Å²) in [5.74, 6) is -1.09. The summed E-state index contributed by atoms with van der Waals surface area (Å²) in [4.78, 5) is 32.5. The third kappa shape index (κ3) is 4.05. The van der Waals surface area contributed by atoms with Crippen LogP contribution < -0.4 is 5.32 Å². The highest BCUT2D eigenvalue weighted by Gasteiger charge is 2.20. The molecule has 1 N–H and O–H groups in total. The van der Waals surface area contributed by atoms with E-state index in [1.54, 1.807) is 6.07 Å². The molecule has 1 amide bonds. The summed E-state index contributed by atoms with van der Waals surface area (Å²) < 4.78 is 5.08. The molecule has 114 valence electrons. The molecule has 22 heavy (non-hydrogen) atoms. The number of aromatic nitrogens is 2.